The van der Waals surface area contributed by atoms with Crippen molar-refractivity contribution in [2.24, 2.45) is 0 Å². The number of halogens is 5. The van der Waals surface area contributed by atoms with Gasteiger partial charge in [-0.05, 0) is 48.5 Å². The highest BCUT2D eigenvalue weighted by Crippen LogP contribution is 2.33. The van der Waals surface area contributed by atoms with E-state index in [9.17, 15) is 35.2 Å². The first-order chi connectivity index (χ1) is 16.3. The van der Waals surface area contributed by atoms with Crippen LogP contribution in [0.3, 0.4) is 0 Å². The molecule has 1 N–H and O–H groups in total. The summed E-state index contributed by atoms with van der Waals surface area (Å²) in [5.74, 6) is -2.66. The van der Waals surface area contributed by atoms with Crippen LogP contribution >= 0.6 is 0 Å². The number of nitrogens with one attached hydrogen (secondary N) is 1. The lowest BCUT2D eigenvalue weighted by atomic mass is 10.2. The number of nitrogens with zero attached hydrogens (tertiary/aromatic N) is 1. The van der Waals surface area contributed by atoms with Crippen molar-refractivity contribution in [2.45, 2.75) is 12.7 Å². The molecule has 0 spiro atoms. The van der Waals surface area contributed by atoms with E-state index in [0.717, 1.165) is 16.6 Å². The van der Waals surface area contributed by atoms with E-state index in [1.54, 1.807) is 6.07 Å². The predicted octanol–water partition coefficient (Wildman–Crippen LogP) is 4.97. The van der Waals surface area contributed by atoms with Crippen molar-refractivity contribution in [1.82, 2.24) is 0 Å². The van der Waals surface area contributed by atoms with Crippen LogP contribution in [-0.4, -0.2) is 27.2 Å². The van der Waals surface area contributed by atoms with Gasteiger partial charge >= 0.3 is 6.18 Å². The molecule has 0 radical (unpaired) electrons. The number of benzene rings is 3. The third kappa shape index (κ3) is 6.92. The molecule has 186 valence electrons. The van der Waals surface area contributed by atoms with E-state index in [1.807, 2.05) is 0 Å². The number of amides is 1. The van der Waals surface area contributed by atoms with E-state index in [1.165, 1.54) is 42.5 Å². The third-order valence-electron chi connectivity index (χ3n) is 4.72. The van der Waals surface area contributed by atoms with Crippen molar-refractivity contribution < 1.29 is 39.9 Å². The van der Waals surface area contributed by atoms with Gasteiger partial charge in [0.1, 0.15) is 17.4 Å². The molecule has 0 aromatic heterocycles. The highest BCUT2D eigenvalue weighted by atomic mass is 32.2. The Morgan fingerprint density at radius 1 is 0.971 bits per heavy atom. The topological polar surface area (TPSA) is 75.7 Å². The van der Waals surface area contributed by atoms with Crippen LogP contribution in [0, 0.1) is 11.6 Å². The maximum Gasteiger partial charge on any atom is 0.419 e. The maximum atomic E-state index is 14.0. The van der Waals surface area contributed by atoms with Crippen molar-refractivity contribution in [3.05, 3.63) is 89.5 Å². The fraction of sp³-hybridized carbons (Fsp3) is 0.174. The van der Waals surface area contributed by atoms with Crippen LogP contribution in [0.5, 0.6) is 5.75 Å². The molecule has 0 aliphatic carbocycles. The first kappa shape index (κ1) is 25.9. The zero-order valence-corrected chi connectivity index (χ0v) is 19.0. The van der Waals surface area contributed by atoms with Crippen LogP contribution in [0.4, 0.5) is 33.3 Å². The Morgan fingerprint density at radius 2 is 1.63 bits per heavy atom. The van der Waals surface area contributed by atoms with Crippen molar-refractivity contribution >= 4 is 27.3 Å². The summed E-state index contributed by atoms with van der Waals surface area (Å²) < 4.78 is 96.6. The minimum absolute atomic E-state index is 0.165. The number of ether oxygens (including phenoxy) is 1. The first-order valence-corrected chi connectivity index (χ1v) is 11.8. The molecule has 3 aromatic rings. The van der Waals surface area contributed by atoms with Crippen molar-refractivity contribution in [3.8, 4) is 5.75 Å². The molecule has 3 rings (SSSR count). The highest BCUT2D eigenvalue weighted by Gasteiger charge is 2.34. The summed E-state index contributed by atoms with van der Waals surface area (Å²) in [4.78, 5) is 12.0. The zero-order chi connectivity index (χ0) is 25.8. The summed E-state index contributed by atoms with van der Waals surface area (Å²) in [7, 11) is -3.77. The number of hydrogen-bond acceptors (Lipinski definition) is 4. The quantitative estimate of drug-likeness (QED) is 0.431. The molecule has 1 amide bonds. The van der Waals surface area contributed by atoms with Gasteiger partial charge in [0.05, 0.1) is 24.1 Å². The fourth-order valence-corrected chi connectivity index (χ4v) is 3.93. The molecular formula is C23H19F5N2O4S. The van der Waals surface area contributed by atoms with Gasteiger partial charge in [0, 0.05) is 11.3 Å². The highest BCUT2D eigenvalue weighted by molar-refractivity contribution is 7.92. The molecular weight excluding hydrogens is 495 g/mol. The van der Waals surface area contributed by atoms with Crippen molar-refractivity contribution in [2.75, 3.05) is 22.5 Å². The van der Waals surface area contributed by atoms with Crippen LogP contribution in [0.25, 0.3) is 0 Å². The Balaban J connectivity index is 1.65. The smallest absolute Gasteiger partial charge is 0.419 e. The average molecular weight is 514 g/mol. The molecule has 0 heterocycles. The number of carbonyl (C=O) groups excluding carboxylic acids is 1. The summed E-state index contributed by atoms with van der Waals surface area (Å²) in [6.45, 7) is -0.825. The molecule has 3 aromatic carbocycles. The molecule has 0 saturated heterocycles. The lowest BCUT2D eigenvalue weighted by Gasteiger charge is -2.23. The summed E-state index contributed by atoms with van der Waals surface area (Å²) in [6, 6.07) is 13.3. The van der Waals surface area contributed by atoms with Gasteiger partial charge < -0.3 is 10.1 Å². The number of alkyl halides is 3. The molecule has 12 heteroatoms. The fourth-order valence-electron chi connectivity index (χ4n) is 3.06. The number of rotatable bonds is 8. The Labute approximate surface area is 198 Å². The van der Waals surface area contributed by atoms with Gasteiger partial charge in [0.2, 0.25) is 10.0 Å². The number of sulfonamides is 1. The minimum Gasteiger partial charge on any atom is -0.484 e. The maximum absolute atomic E-state index is 14.0. The predicted molar refractivity (Wildman–Crippen MR) is 119 cm³/mol. The van der Waals surface area contributed by atoms with Gasteiger partial charge in [0.15, 0.2) is 6.61 Å². The Morgan fingerprint density at radius 3 is 2.23 bits per heavy atom. The van der Waals surface area contributed by atoms with E-state index in [-0.39, 0.29) is 29.2 Å². The summed E-state index contributed by atoms with van der Waals surface area (Å²) >= 11 is 0. The molecule has 0 aliphatic rings. The number of carbonyl (C=O) groups is 1. The molecule has 35 heavy (non-hydrogen) atoms. The third-order valence-corrected chi connectivity index (χ3v) is 5.86. The Kier molecular flexibility index (Phi) is 7.64. The Hall–Kier alpha value is -3.67. The van der Waals surface area contributed by atoms with Gasteiger partial charge in [-0.1, -0.05) is 18.2 Å². The second-order valence-corrected chi connectivity index (χ2v) is 9.29. The molecule has 0 unspecified atom stereocenters. The Bertz CT molecular complexity index is 1310. The standard InChI is InChI=1S/C23H19F5N2O4S/c1-35(32,33)30(13-15-4-2-3-5-20(15)24)17-7-9-18(10-8-17)34-14-22(31)29-16-6-11-21(25)19(12-16)23(26,27)28/h2-12H,13-14H2,1H3,(H,29,31). The molecule has 0 saturated carbocycles. The van der Waals surface area contributed by atoms with Gasteiger partial charge in [-0.25, -0.2) is 17.2 Å². The SMILES string of the molecule is CS(=O)(=O)N(Cc1ccccc1F)c1ccc(OCC(=O)Nc2ccc(F)c(C(F)(F)F)c2)cc1. The van der Waals surface area contributed by atoms with Gasteiger partial charge in [-0.2, -0.15) is 13.2 Å². The van der Waals surface area contributed by atoms with Crippen molar-refractivity contribution in [3.63, 3.8) is 0 Å². The van der Waals surface area contributed by atoms with E-state index in [2.05, 4.69) is 5.32 Å². The van der Waals surface area contributed by atoms with Gasteiger partial charge in [-0.15, -0.1) is 0 Å². The van der Waals surface area contributed by atoms with Crippen LogP contribution in [0.2, 0.25) is 0 Å². The molecule has 0 atom stereocenters. The summed E-state index contributed by atoms with van der Waals surface area (Å²) in [5.41, 5.74) is -1.39. The molecule has 6 nitrogen and oxygen atoms in total. The normalized spacial score (nSPS) is 11.7. The van der Waals surface area contributed by atoms with E-state index in [4.69, 9.17) is 4.74 Å². The summed E-state index contributed by atoms with van der Waals surface area (Å²) in [6.07, 6.45) is -3.95. The average Bonchev–Trinajstić information content (AvgIpc) is 2.77. The van der Waals surface area contributed by atoms with Crippen LogP contribution in [0.15, 0.2) is 66.7 Å². The molecule has 0 aliphatic heterocycles. The number of anilines is 2. The van der Waals surface area contributed by atoms with Gasteiger partial charge in [0.25, 0.3) is 5.91 Å². The summed E-state index contributed by atoms with van der Waals surface area (Å²) in [5, 5.41) is 2.18. The van der Waals surface area contributed by atoms with E-state index >= 15 is 0 Å². The molecule has 0 bridgehead atoms. The second-order valence-electron chi connectivity index (χ2n) is 7.38. The monoisotopic (exact) mass is 514 g/mol. The van der Waals surface area contributed by atoms with Crippen LogP contribution in [0.1, 0.15) is 11.1 Å². The van der Waals surface area contributed by atoms with Crippen molar-refractivity contribution in [1.29, 1.82) is 0 Å². The first-order valence-electron chi connectivity index (χ1n) is 9.95. The van der Waals surface area contributed by atoms with E-state index < -0.39 is 45.9 Å². The lowest BCUT2D eigenvalue weighted by molar-refractivity contribution is -0.140. The van der Waals surface area contributed by atoms with Crippen LogP contribution < -0.4 is 14.4 Å². The lowest BCUT2D eigenvalue weighted by Crippen LogP contribution is -2.29. The number of hydrogen-bond donors (Lipinski definition) is 1. The minimum atomic E-state index is -4.92. The van der Waals surface area contributed by atoms with E-state index in [0.29, 0.717) is 12.1 Å². The zero-order valence-electron chi connectivity index (χ0n) is 18.1. The van der Waals surface area contributed by atoms with Gasteiger partial charge in [-0.3, -0.25) is 9.10 Å². The molecule has 0 fully saturated rings. The largest absolute Gasteiger partial charge is 0.484 e. The second kappa shape index (κ2) is 10.3. The van der Waals surface area contributed by atoms with Crippen LogP contribution in [-0.2, 0) is 27.5 Å².